The molecule has 1 atom stereocenters. The van der Waals surface area contributed by atoms with Crippen molar-refractivity contribution in [3.8, 4) is 0 Å². The van der Waals surface area contributed by atoms with Crippen LogP contribution in [0.5, 0.6) is 0 Å². The lowest BCUT2D eigenvalue weighted by atomic mass is 10.00. The maximum Gasteiger partial charge on any atom is 0.191 e. The fraction of sp³-hybridized carbons (Fsp3) is 0.682. The molecule has 1 unspecified atom stereocenters. The molecule has 0 saturated carbocycles. The van der Waals surface area contributed by atoms with Gasteiger partial charge in [0.25, 0.3) is 0 Å². The second-order valence-electron chi connectivity index (χ2n) is 7.81. The largest absolute Gasteiger partial charge is 0.357 e. The summed E-state index contributed by atoms with van der Waals surface area (Å²) >= 11 is 0. The van der Waals surface area contributed by atoms with Crippen molar-refractivity contribution in [3.05, 3.63) is 35.4 Å². The van der Waals surface area contributed by atoms with Crippen molar-refractivity contribution in [1.82, 2.24) is 20.4 Å². The molecule has 0 bridgehead atoms. The molecule has 5 nitrogen and oxygen atoms in total. The molecule has 5 heteroatoms. The van der Waals surface area contributed by atoms with Crippen LogP contribution >= 0.6 is 0 Å². The summed E-state index contributed by atoms with van der Waals surface area (Å²) in [6, 6.07) is 8.74. The first-order valence-electron chi connectivity index (χ1n) is 10.6. The lowest BCUT2D eigenvalue weighted by molar-refractivity contribution is 0.274. The summed E-state index contributed by atoms with van der Waals surface area (Å²) in [5.74, 6) is 1.36. The molecule has 1 saturated heterocycles. The van der Waals surface area contributed by atoms with Crippen LogP contribution in [-0.4, -0.2) is 75.2 Å². The quantitative estimate of drug-likeness (QED) is 0.418. The average Bonchev–Trinajstić information content (AvgIpc) is 2.87. The van der Waals surface area contributed by atoms with Gasteiger partial charge in [-0.1, -0.05) is 36.8 Å². The van der Waals surface area contributed by atoms with Gasteiger partial charge in [-0.15, -0.1) is 0 Å². The lowest BCUT2D eigenvalue weighted by Gasteiger charge is -2.20. The zero-order valence-electron chi connectivity index (χ0n) is 17.8. The number of aliphatic imine (C=N–C) groups is 1. The minimum atomic E-state index is 0.425. The smallest absolute Gasteiger partial charge is 0.191 e. The molecule has 0 spiro atoms. The molecule has 0 aliphatic carbocycles. The highest BCUT2D eigenvalue weighted by Crippen LogP contribution is 2.16. The van der Waals surface area contributed by atoms with E-state index in [4.69, 9.17) is 4.99 Å². The molecule has 1 aliphatic heterocycles. The van der Waals surface area contributed by atoms with Crippen LogP contribution < -0.4 is 10.6 Å². The van der Waals surface area contributed by atoms with E-state index in [1.54, 1.807) is 0 Å². The fourth-order valence-corrected chi connectivity index (χ4v) is 3.49. The number of benzene rings is 1. The zero-order valence-corrected chi connectivity index (χ0v) is 17.8. The molecule has 0 amide bonds. The Bertz CT molecular complexity index is 572. The molecule has 1 aromatic carbocycles. The Balaban J connectivity index is 1.74. The number of likely N-dealkylation sites (N-methyl/N-ethyl adjacent to an activating group) is 1. The Kier molecular flexibility index (Phi) is 9.64. The van der Waals surface area contributed by atoms with E-state index in [1.807, 2.05) is 0 Å². The molecular formula is C22H39N5. The van der Waals surface area contributed by atoms with E-state index in [-0.39, 0.29) is 0 Å². The van der Waals surface area contributed by atoms with Crippen LogP contribution in [0, 0.1) is 6.92 Å². The minimum absolute atomic E-state index is 0.425. The van der Waals surface area contributed by atoms with Gasteiger partial charge >= 0.3 is 0 Å². The number of guanidine groups is 1. The molecule has 1 heterocycles. The van der Waals surface area contributed by atoms with Gasteiger partial charge in [-0.05, 0) is 58.9 Å². The first-order valence-corrected chi connectivity index (χ1v) is 10.6. The summed E-state index contributed by atoms with van der Waals surface area (Å²) in [6.45, 7) is 15.2. The lowest BCUT2D eigenvalue weighted by Crippen LogP contribution is -2.39. The van der Waals surface area contributed by atoms with Gasteiger partial charge in [0.1, 0.15) is 0 Å². The highest BCUT2D eigenvalue weighted by Gasteiger charge is 2.11. The van der Waals surface area contributed by atoms with E-state index < -0.39 is 0 Å². The Morgan fingerprint density at radius 2 is 2.04 bits per heavy atom. The molecule has 0 aromatic heterocycles. The van der Waals surface area contributed by atoms with Crippen molar-refractivity contribution in [1.29, 1.82) is 0 Å². The number of rotatable bonds is 8. The third-order valence-electron chi connectivity index (χ3n) is 5.23. The number of nitrogens with one attached hydrogen (secondary N) is 2. The van der Waals surface area contributed by atoms with Crippen LogP contribution in [0.3, 0.4) is 0 Å². The summed E-state index contributed by atoms with van der Waals surface area (Å²) in [6.07, 6.45) is 2.44. The average molecular weight is 374 g/mol. The van der Waals surface area contributed by atoms with Crippen molar-refractivity contribution >= 4 is 5.96 Å². The van der Waals surface area contributed by atoms with Crippen molar-refractivity contribution in [2.45, 2.75) is 39.5 Å². The van der Waals surface area contributed by atoms with Crippen molar-refractivity contribution in [2.75, 3.05) is 59.4 Å². The van der Waals surface area contributed by atoms with Gasteiger partial charge in [0, 0.05) is 38.6 Å². The predicted octanol–water partition coefficient (Wildman–Crippen LogP) is 2.68. The van der Waals surface area contributed by atoms with Crippen LogP contribution in [0.25, 0.3) is 0 Å². The Labute approximate surface area is 166 Å². The van der Waals surface area contributed by atoms with Gasteiger partial charge in [-0.25, -0.2) is 0 Å². The third kappa shape index (κ3) is 8.31. The summed E-state index contributed by atoms with van der Waals surface area (Å²) in [7, 11) is 2.22. The summed E-state index contributed by atoms with van der Waals surface area (Å²) in [5.41, 5.74) is 2.67. The maximum absolute atomic E-state index is 4.80. The third-order valence-corrected chi connectivity index (χ3v) is 5.23. The first-order chi connectivity index (χ1) is 13.1. The Morgan fingerprint density at radius 3 is 2.81 bits per heavy atom. The van der Waals surface area contributed by atoms with Crippen molar-refractivity contribution in [2.24, 2.45) is 4.99 Å². The van der Waals surface area contributed by atoms with Gasteiger partial charge in [0.05, 0.1) is 0 Å². The fourth-order valence-electron chi connectivity index (χ4n) is 3.49. The minimum Gasteiger partial charge on any atom is -0.357 e. The SMILES string of the molecule is CCNC(=NCC(C)c1cccc(C)c1)NCCCN1CCCN(C)CC1. The molecule has 152 valence electrons. The van der Waals surface area contributed by atoms with Crippen LogP contribution in [0.15, 0.2) is 29.3 Å². The number of hydrogen-bond acceptors (Lipinski definition) is 3. The van der Waals surface area contributed by atoms with Gasteiger partial charge in [0.15, 0.2) is 5.96 Å². The Hall–Kier alpha value is -1.59. The standard InChI is InChI=1S/C22H39N5/c1-5-23-22(25-18-20(3)21-10-6-9-19(2)17-21)24-11-7-13-27-14-8-12-26(4)15-16-27/h6,9-10,17,20H,5,7-8,11-16,18H2,1-4H3,(H2,23,24,25). The monoisotopic (exact) mass is 373 g/mol. The molecular weight excluding hydrogens is 334 g/mol. The van der Waals surface area contributed by atoms with Gasteiger partial charge in [-0.2, -0.15) is 0 Å². The normalized spacial score (nSPS) is 18.1. The molecule has 1 fully saturated rings. The van der Waals surface area contributed by atoms with E-state index in [1.165, 1.54) is 50.3 Å². The molecule has 1 aliphatic rings. The molecule has 2 rings (SSSR count). The topological polar surface area (TPSA) is 42.9 Å². The second-order valence-corrected chi connectivity index (χ2v) is 7.81. The molecule has 1 aromatic rings. The van der Waals surface area contributed by atoms with E-state index in [2.05, 4.69) is 72.5 Å². The number of hydrogen-bond donors (Lipinski definition) is 2. The van der Waals surface area contributed by atoms with E-state index in [0.717, 1.165) is 32.0 Å². The first kappa shape index (κ1) is 21.7. The van der Waals surface area contributed by atoms with E-state index in [9.17, 15) is 0 Å². The van der Waals surface area contributed by atoms with Crippen LogP contribution in [0.1, 0.15) is 43.7 Å². The second kappa shape index (κ2) is 12.0. The summed E-state index contributed by atoms with van der Waals surface area (Å²) < 4.78 is 0. The van der Waals surface area contributed by atoms with Gasteiger partial charge in [-0.3, -0.25) is 4.99 Å². The van der Waals surface area contributed by atoms with Crippen molar-refractivity contribution in [3.63, 3.8) is 0 Å². The Morgan fingerprint density at radius 1 is 1.19 bits per heavy atom. The maximum atomic E-state index is 4.80. The van der Waals surface area contributed by atoms with Crippen LogP contribution in [0.2, 0.25) is 0 Å². The van der Waals surface area contributed by atoms with Crippen molar-refractivity contribution < 1.29 is 0 Å². The van der Waals surface area contributed by atoms with Crippen LogP contribution in [-0.2, 0) is 0 Å². The van der Waals surface area contributed by atoms with E-state index >= 15 is 0 Å². The molecule has 2 N–H and O–H groups in total. The summed E-state index contributed by atoms with van der Waals surface area (Å²) in [5, 5.41) is 6.88. The van der Waals surface area contributed by atoms with Crippen LogP contribution in [0.4, 0.5) is 0 Å². The summed E-state index contributed by atoms with van der Waals surface area (Å²) in [4.78, 5) is 9.83. The number of aryl methyl sites for hydroxylation is 1. The van der Waals surface area contributed by atoms with E-state index in [0.29, 0.717) is 5.92 Å². The molecule has 0 radical (unpaired) electrons. The zero-order chi connectivity index (χ0) is 19.5. The molecule has 27 heavy (non-hydrogen) atoms. The van der Waals surface area contributed by atoms with Gasteiger partial charge < -0.3 is 20.4 Å². The highest BCUT2D eigenvalue weighted by atomic mass is 15.2. The number of nitrogens with zero attached hydrogens (tertiary/aromatic N) is 3. The predicted molar refractivity (Wildman–Crippen MR) is 117 cm³/mol. The highest BCUT2D eigenvalue weighted by molar-refractivity contribution is 5.79. The van der Waals surface area contributed by atoms with Gasteiger partial charge in [0.2, 0.25) is 0 Å².